The Bertz CT molecular complexity index is 459. The van der Waals surface area contributed by atoms with Gasteiger partial charge in [-0.15, -0.1) is 0 Å². The average molecular weight is 373 g/mol. The smallest absolute Gasteiger partial charge is 0.311 e. The summed E-state index contributed by atoms with van der Waals surface area (Å²) in [6, 6.07) is 0. The Kier molecular flexibility index (Phi) is 6.27. The maximum atomic E-state index is 10.9. The Balaban J connectivity index is 2.98. The molecule has 21 heavy (non-hydrogen) atoms. The highest BCUT2D eigenvalue weighted by molar-refractivity contribution is 7.47. The Labute approximate surface area is 117 Å². The molecule has 16 heteroatoms. The van der Waals surface area contributed by atoms with Gasteiger partial charge in [0.15, 0.2) is 0 Å². The summed E-state index contributed by atoms with van der Waals surface area (Å²) in [5, 5.41) is 2.48. The van der Waals surface area contributed by atoms with E-state index in [-0.39, 0.29) is 13.1 Å². The molecule has 0 aromatic carbocycles. The van der Waals surface area contributed by atoms with Gasteiger partial charge >= 0.3 is 23.5 Å². The SMILES string of the molecule is O=P(O)(O)OC1CNCC(OP(=O)(O)O)C1OP(=O)(O)O. The molecule has 1 rings (SSSR count). The van der Waals surface area contributed by atoms with Gasteiger partial charge in [0.1, 0.15) is 18.3 Å². The lowest BCUT2D eigenvalue weighted by Crippen LogP contribution is -2.55. The summed E-state index contributed by atoms with van der Waals surface area (Å²) in [5.41, 5.74) is 0. The second-order valence-electron chi connectivity index (χ2n) is 3.99. The molecule has 0 bridgehead atoms. The molecule has 13 nitrogen and oxygen atoms in total. The van der Waals surface area contributed by atoms with E-state index in [4.69, 9.17) is 29.4 Å². The van der Waals surface area contributed by atoms with Gasteiger partial charge in [-0.1, -0.05) is 0 Å². The van der Waals surface area contributed by atoms with Gasteiger partial charge in [0, 0.05) is 13.1 Å². The van der Waals surface area contributed by atoms with E-state index in [0.717, 1.165) is 0 Å². The molecule has 2 unspecified atom stereocenters. The van der Waals surface area contributed by atoms with Gasteiger partial charge in [-0.2, -0.15) is 0 Å². The summed E-state index contributed by atoms with van der Waals surface area (Å²) in [6.45, 7) is -0.590. The van der Waals surface area contributed by atoms with E-state index < -0.39 is 41.8 Å². The molecule has 0 radical (unpaired) electrons. The van der Waals surface area contributed by atoms with Crippen molar-refractivity contribution in [1.29, 1.82) is 0 Å². The van der Waals surface area contributed by atoms with Crippen LogP contribution in [0.4, 0.5) is 0 Å². The number of hydrogen-bond donors (Lipinski definition) is 7. The topological polar surface area (TPSA) is 212 Å². The van der Waals surface area contributed by atoms with E-state index >= 15 is 0 Å². The van der Waals surface area contributed by atoms with Crippen LogP contribution in [0.1, 0.15) is 0 Å². The number of piperidine rings is 1. The van der Waals surface area contributed by atoms with Crippen LogP contribution in [0.3, 0.4) is 0 Å². The van der Waals surface area contributed by atoms with Gasteiger partial charge in [0.05, 0.1) is 0 Å². The fraction of sp³-hybridized carbons (Fsp3) is 1.00. The lowest BCUT2D eigenvalue weighted by molar-refractivity contribution is -0.0666. The standard InChI is InChI=1S/C5H14NO12P3/c7-19(8,9)16-3-1-6-2-4(17-20(10,11)12)5(3)18-21(13,14)15/h3-6H,1-2H2,(H2,7,8,9)(H2,10,11,12)(H2,13,14,15). The minimum atomic E-state index is -5.13. The van der Waals surface area contributed by atoms with Gasteiger partial charge in [0.2, 0.25) is 0 Å². The van der Waals surface area contributed by atoms with Gasteiger partial charge in [-0.3, -0.25) is 13.6 Å². The first-order valence-corrected chi connectivity index (χ1v) is 9.78. The fourth-order valence-corrected chi connectivity index (χ4v) is 3.36. The lowest BCUT2D eigenvalue weighted by Gasteiger charge is -2.37. The molecule has 1 fully saturated rings. The molecule has 0 spiro atoms. The second-order valence-corrected chi connectivity index (χ2v) is 7.56. The molecular formula is C5H14NO12P3. The van der Waals surface area contributed by atoms with E-state index in [1.807, 2.05) is 0 Å². The summed E-state index contributed by atoms with van der Waals surface area (Å²) in [4.78, 5) is 52.4. The number of phosphoric ester groups is 3. The molecule has 0 amide bonds. The van der Waals surface area contributed by atoms with E-state index in [0.29, 0.717) is 0 Å². The summed E-state index contributed by atoms with van der Waals surface area (Å²) in [7, 11) is -15.2. The van der Waals surface area contributed by atoms with E-state index in [2.05, 4.69) is 18.9 Å². The number of rotatable bonds is 6. The second kappa shape index (κ2) is 6.81. The van der Waals surface area contributed by atoms with Crippen molar-refractivity contribution in [2.24, 2.45) is 0 Å². The average Bonchev–Trinajstić information content (AvgIpc) is 2.16. The Morgan fingerprint density at radius 1 is 0.714 bits per heavy atom. The molecule has 0 aromatic rings. The largest absolute Gasteiger partial charge is 0.470 e. The van der Waals surface area contributed by atoms with Crippen LogP contribution in [0.2, 0.25) is 0 Å². The predicted molar refractivity (Wildman–Crippen MR) is 63.6 cm³/mol. The molecule has 1 saturated heterocycles. The lowest BCUT2D eigenvalue weighted by atomic mass is 10.0. The van der Waals surface area contributed by atoms with E-state index in [1.54, 1.807) is 0 Å². The molecule has 0 aromatic heterocycles. The third-order valence-corrected chi connectivity index (χ3v) is 3.84. The van der Waals surface area contributed by atoms with Crippen LogP contribution in [-0.4, -0.2) is 60.8 Å². The van der Waals surface area contributed by atoms with Crippen molar-refractivity contribution in [2.75, 3.05) is 13.1 Å². The van der Waals surface area contributed by atoms with Crippen molar-refractivity contribution in [2.45, 2.75) is 18.3 Å². The summed E-state index contributed by atoms with van der Waals surface area (Å²) in [6.07, 6.45) is -5.03. The fourth-order valence-electron chi connectivity index (χ4n) is 1.68. The highest BCUT2D eigenvalue weighted by Gasteiger charge is 2.44. The minimum Gasteiger partial charge on any atom is -0.311 e. The number of nitrogens with one attached hydrogen (secondary N) is 1. The predicted octanol–water partition coefficient (Wildman–Crippen LogP) is -1.98. The highest BCUT2D eigenvalue weighted by atomic mass is 31.2. The number of phosphoric acid groups is 3. The van der Waals surface area contributed by atoms with Gasteiger partial charge in [-0.25, -0.2) is 13.7 Å². The van der Waals surface area contributed by atoms with Crippen molar-refractivity contribution >= 4 is 23.5 Å². The minimum absolute atomic E-state index is 0.295. The summed E-state index contributed by atoms with van der Waals surface area (Å²) in [5.74, 6) is 0. The van der Waals surface area contributed by atoms with Crippen LogP contribution in [0.25, 0.3) is 0 Å². The monoisotopic (exact) mass is 373 g/mol. The van der Waals surface area contributed by atoms with Crippen molar-refractivity contribution in [1.82, 2.24) is 5.32 Å². The van der Waals surface area contributed by atoms with Crippen LogP contribution in [0.5, 0.6) is 0 Å². The van der Waals surface area contributed by atoms with Crippen molar-refractivity contribution in [3.63, 3.8) is 0 Å². The maximum absolute atomic E-state index is 10.9. The maximum Gasteiger partial charge on any atom is 0.470 e. The zero-order valence-electron chi connectivity index (χ0n) is 10.1. The van der Waals surface area contributed by atoms with Gasteiger partial charge in [-0.05, 0) is 0 Å². The van der Waals surface area contributed by atoms with Crippen molar-refractivity contribution in [3.05, 3.63) is 0 Å². The van der Waals surface area contributed by atoms with Crippen LogP contribution in [0, 0.1) is 0 Å². The normalized spacial score (nSPS) is 28.6. The molecule has 1 aliphatic heterocycles. The zero-order valence-corrected chi connectivity index (χ0v) is 12.8. The van der Waals surface area contributed by atoms with E-state index in [1.165, 1.54) is 0 Å². The first-order valence-electron chi connectivity index (χ1n) is 5.19. The summed E-state index contributed by atoms with van der Waals surface area (Å²) < 4.78 is 45.3. The van der Waals surface area contributed by atoms with Crippen LogP contribution >= 0.6 is 23.5 Å². The Morgan fingerprint density at radius 2 is 1.05 bits per heavy atom. The molecule has 0 saturated carbocycles. The molecule has 0 aliphatic carbocycles. The van der Waals surface area contributed by atoms with Crippen LogP contribution in [0.15, 0.2) is 0 Å². The Hall–Kier alpha value is 0.290. The molecule has 1 aliphatic rings. The highest BCUT2D eigenvalue weighted by Crippen LogP contribution is 2.47. The third kappa shape index (κ3) is 7.91. The van der Waals surface area contributed by atoms with Gasteiger partial charge in [0.25, 0.3) is 0 Å². The third-order valence-electron chi connectivity index (χ3n) is 2.23. The van der Waals surface area contributed by atoms with Crippen molar-refractivity contribution in [3.8, 4) is 0 Å². The molecule has 126 valence electrons. The van der Waals surface area contributed by atoms with Gasteiger partial charge < -0.3 is 34.7 Å². The summed E-state index contributed by atoms with van der Waals surface area (Å²) >= 11 is 0. The zero-order chi connectivity index (χ0) is 16.5. The molecule has 2 atom stereocenters. The quantitative estimate of drug-likeness (QED) is 0.252. The first-order chi connectivity index (χ1) is 9.27. The Morgan fingerprint density at radius 3 is 1.33 bits per heavy atom. The molecular weight excluding hydrogens is 359 g/mol. The molecule has 1 heterocycles. The van der Waals surface area contributed by atoms with Crippen LogP contribution in [-0.2, 0) is 27.3 Å². The first kappa shape index (κ1) is 19.3. The van der Waals surface area contributed by atoms with E-state index in [9.17, 15) is 13.7 Å². The molecule has 7 N–H and O–H groups in total. The van der Waals surface area contributed by atoms with Crippen molar-refractivity contribution < 1.29 is 56.6 Å². The number of hydrogen-bond acceptors (Lipinski definition) is 7. The van der Waals surface area contributed by atoms with Crippen LogP contribution < -0.4 is 5.32 Å².